The number of ether oxygens (including phenoxy) is 1. The molecule has 0 aliphatic heterocycles. The summed E-state index contributed by atoms with van der Waals surface area (Å²) in [4.78, 5) is 41.6. The van der Waals surface area contributed by atoms with Gasteiger partial charge in [-0.15, -0.1) is 0 Å². The molecule has 7 heteroatoms. The predicted octanol–water partition coefficient (Wildman–Crippen LogP) is 6.75. The third-order valence-electron chi connectivity index (χ3n) is 6.63. The maximum Gasteiger partial charge on any atom is 0.408 e. The van der Waals surface area contributed by atoms with Crippen LogP contribution in [0.2, 0.25) is 0 Å². The molecule has 1 aromatic carbocycles. The van der Waals surface area contributed by atoms with Crippen molar-refractivity contribution in [3.05, 3.63) is 34.9 Å². The van der Waals surface area contributed by atoms with Crippen LogP contribution in [0.15, 0.2) is 18.2 Å². The van der Waals surface area contributed by atoms with E-state index in [-0.39, 0.29) is 11.8 Å². The van der Waals surface area contributed by atoms with E-state index in [0.717, 1.165) is 55.2 Å². The Morgan fingerprint density at radius 1 is 0.895 bits per heavy atom. The molecule has 3 amide bonds. The SMILES string of the molecule is CCCCCCCCN(C(=O)C(C)NC(=O)OC(C)(C)C)C(C(=O)NCCCCC)c1ccc(C)c(C)c1. The molecule has 216 valence electrons. The van der Waals surface area contributed by atoms with E-state index in [1.54, 1.807) is 32.6 Å². The number of amides is 3. The normalized spacial score (nSPS) is 12.9. The number of nitrogens with one attached hydrogen (secondary N) is 2. The Kier molecular flexibility index (Phi) is 15.1. The monoisotopic (exact) mass is 531 g/mol. The minimum atomic E-state index is -0.841. The van der Waals surface area contributed by atoms with E-state index < -0.39 is 23.8 Å². The average Bonchev–Trinajstić information content (AvgIpc) is 2.83. The van der Waals surface area contributed by atoms with Gasteiger partial charge in [0.05, 0.1) is 0 Å². The Bertz CT molecular complexity index is 878. The average molecular weight is 532 g/mol. The molecule has 0 aliphatic rings. The van der Waals surface area contributed by atoms with E-state index in [2.05, 4.69) is 24.5 Å². The van der Waals surface area contributed by atoms with Crippen molar-refractivity contribution in [2.75, 3.05) is 13.1 Å². The first-order valence-electron chi connectivity index (χ1n) is 14.6. The second-order valence-electron chi connectivity index (χ2n) is 11.4. The molecular weight excluding hydrogens is 478 g/mol. The van der Waals surface area contributed by atoms with Crippen molar-refractivity contribution >= 4 is 17.9 Å². The van der Waals surface area contributed by atoms with E-state index >= 15 is 0 Å². The van der Waals surface area contributed by atoms with Crippen molar-refractivity contribution in [2.24, 2.45) is 0 Å². The molecule has 1 aromatic rings. The molecule has 2 N–H and O–H groups in total. The zero-order chi connectivity index (χ0) is 28.7. The lowest BCUT2D eigenvalue weighted by molar-refractivity contribution is -0.142. The third kappa shape index (κ3) is 12.3. The first-order valence-corrected chi connectivity index (χ1v) is 14.6. The maximum atomic E-state index is 13.8. The van der Waals surface area contributed by atoms with Gasteiger partial charge in [-0.05, 0) is 71.1 Å². The van der Waals surface area contributed by atoms with Gasteiger partial charge in [0, 0.05) is 13.1 Å². The van der Waals surface area contributed by atoms with Crippen LogP contribution in [-0.2, 0) is 14.3 Å². The van der Waals surface area contributed by atoms with Crippen LogP contribution in [0.4, 0.5) is 4.79 Å². The van der Waals surface area contributed by atoms with E-state index in [9.17, 15) is 14.4 Å². The molecule has 0 heterocycles. The zero-order valence-corrected chi connectivity index (χ0v) is 25.2. The quantitative estimate of drug-likeness (QED) is 0.231. The van der Waals surface area contributed by atoms with E-state index in [1.165, 1.54) is 19.3 Å². The number of nitrogens with zero attached hydrogens (tertiary/aromatic N) is 1. The Balaban J connectivity index is 3.27. The largest absolute Gasteiger partial charge is 0.444 e. The summed E-state index contributed by atoms with van der Waals surface area (Å²) < 4.78 is 5.37. The molecule has 0 spiro atoms. The fraction of sp³-hybridized carbons (Fsp3) is 0.710. The molecule has 0 saturated carbocycles. The Morgan fingerprint density at radius 3 is 2.11 bits per heavy atom. The highest BCUT2D eigenvalue weighted by atomic mass is 16.6. The molecule has 2 atom stereocenters. The lowest BCUT2D eigenvalue weighted by atomic mass is 9.98. The van der Waals surface area contributed by atoms with Crippen molar-refractivity contribution in [2.45, 2.75) is 131 Å². The number of benzene rings is 1. The third-order valence-corrected chi connectivity index (χ3v) is 6.63. The Labute approximate surface area is 231 Å². The van der Waals surface area contributed by atoms with Gasteiger partial charge in [-0.3, -0.25) is 9.59 Å². The van der Waals surface area contributed by atoms with Crippen LogP contribution < -0.4 is 10.6 Å². The number of alkyl carbamates (subject to hydrolysis) is 1. The standard InChI is InChI=1S/C31H53N3O4/c1-9-11-13-14-15-17-21-34(29(36)25(5)33-30(37)38-31(6,7)8)27(28(35)32-20-16-12-10-2)26-19-18-23(3)24(4)22-26/h18-19,22,25,27H,9-17,20-21H2,1-8H3,(H,32,35)(H,33,37). The van der Waals surface area contributed by atoms with Gasteiger partial charge >= 0.3 is 6.09 Å². The van der Waals surface area contributed by atoms with E-state index in [4.69, 9.17) is 4.74 Å². The van der Waals surface area contributed by atoms with Crippen LogP contribution in [0.25, 0.3) is 0 Å². The van der Waals surface area contributed by atoms with Gasteiger partial charge in [0.1, 0.15) is 17.7 Å². The molecule has 0 saturated heterocycles. The molecule has 0 fully saturated rings. The summed E-state index contributed by atoms with van der Waals surface area (Å²) in [6, 6.07) is 4.32. The molecular formula is C31H53N3O4. The first-order chi connectivity index (χ1) is 17.9. The highest BCUT2D eigenvalue weighted by molar-refractivity contribution is 5.92. The molecule has 38 heavy (non-hydrogen) atoms. The van der Waals surface area contributed by atoms with Gasteiger partial charge < -0.3 is 20.3 Å². The Morgan fingerprint density at radius 2 is 1.50 bits per heavy atom. The van der Waals surface area contributed by atoms with Gasteiger partial charge in [0.2, 0.25) is 11.8 Å². The fourth-order valence-corrected chi connectivity index (χ4v) is 4.31. The van der Waals surface area contributed by atoms with Gasteiger partial charge in [0.15, 0.2) is 0 Å². The smallest absolute Gasteiger partial charge is 0.408 e. The summed E-state index contributed by atoms with van der Waals surface area (Å²) in [5.74, 6) is -0.482. The Hall–Kier alpha value is -2.57. The molecule has 0 bridgehead atoms. The molecule has 2 unspecified atom stereocenters. The zero-order valence-electron chi connectivity index (χ0n) is 25.2. The molecule has 0 radical (unpaired) electrons. The minimum absolute atomic E-state index is 0.187. The number of hydrogen-bond acceptors (Lipinski definition) is 4. The topological polar surface area (TPSA) is 87.7 Å². The maximum absolute atomic E-state index is 13.8. The van der Waals surface area contributed by atoms with Crippen LogP contribution in [0.5, 0.6) is 0 Å². The second-order valence-corrected chi connectivity index (χ2v) is 11.4. The second kappa shape index (κ2) is 17.1. The minimum Gasteiger partial charge on any atom is -0.444 e. The summed E-state index contributed by atoms with van der Waals surface area (Å²) >= 11 is 0. The predicted molar refractivity (Wildman–Crippen MR) is 155 cm³/mol. The van der Waals surface area contributed by atoms with Crippen molar-refractivity contribution < 1.29 is 19.1 Å². The summed E-state index contributed by atoms with van der Waals surface area (Å²) in [5, 5.41) is 5.75. The highest BCUT2D eigenvalue weighted by Gasteiger charge is 2.34. The summed E-state index contributed by atoms with van der Waals surface area (Å²) in [6.07, 6.45) is 8.75. The van der Waals surface area contributed by atoms with Crippen molar-refractivity contribution in [3.63, 3.8) is 0 Å². The van der Waals surface area contributed by atoms with Crippen molar-refractivity contribution in [1.82, 2.24) is 15.5 Å². The van der Waals surface area contributed by atoms with Gasteiger partial charge in [0.25, 0.3) is 0 Å². The summed E-state index contributed by atoms with van der Waals surface area (Å²) in [7, 11) is 0. The fourth-order valence-electron chi connectivity index (χ4n) is 4.31. The van der Waals surface area contributed by atoms with Gasteiger partial charge in [-0.2, -0.15) is 0 Å². The summed E-state index contributed by atoms with van der Waals surface area (Å²) in [6.45, 7) is 16.4. The van der Waals surface area contributed by atoms with Gasteiger partial charge in [-0.25, -0.2) is 4.79 Å². The first kappa shape index (κ1) is 33.5. The number of rotatable bonds is 16. The number of aryl methyl sites for hydroxylation is 2. The lowest BCUT2D eigenvalue weighted by Gasteiger charge is -2.34. The van der Waals surface area contributed by atoms with E-state index in [0.29, 0.717) is 13.1 Å². The molecule has 1 rings (SSSR count). The van der Waals surface area contributed by atoms with Crippen molar-refractivity contribution in [3.8, 4) is 0 Å². The van der Waals surface area contributed by atoms with E-state index in [1.807, 2.05) is 32.0 Å². The number of carbonyl (C=O) groups is 3. The van der Waals surface area contributed by atoms with Crippen LogP contribution in [0.3, 0.4) is 0 Å². The number of carbonyl (C=O) groups excluding carboxylic acids is 3. The number of unbranched alkanes of at least 4 members (excludes halogenated alkanes) is 7. The molecule has 0 aromatic heterocycles. The summed E-state index contributed by atoms with van der Waals surface area (Å²) in [5.41, 5.74) is 2.30. The highest BCUT2D eigenvalue weighted by Crippen LogP contribution is 2.26. The lowest BCUT2D eigenvalue weighted by Crippen LogP contribution is -2.52. The van der Waals surface area contributed by atoms with Crippen LogP contribution in [-0.4, -0.2) is 47.5 Å². The van der Waals surface area contributed by atoms with Crippen LogP contribution in [0, 0.1) is 13.8 Å². The van der Waals surface area contributed by atoms with Crippen molar-refractivity contribution in [1.29, 1.82) is 0 Å². The number of hydrogen-bond donors (Lipinski definition) is 2. The van der Waals surface area contributed by atoms with Gasteiger partial charge in [-0.1, -0.05) is 77.0 Å². The molecule has 0 aliphatic carbocycles. The van der Waals surface area contributed by atoms with Crippen LogP contribution in [0.1, 0.15) is 122 Å². The van der Waals surface area contributed by atoms with Crippen LogP contribution >= 0.6 is 0 Å². The molecule has 7 nitrogen and oxygen atoms in total.